The Kier molecular flexibility index (Phi) is 5.00. The Morgan fingerprint density at radius 3 is 2.35 bits per heavy atom. The number of nitrogens with zero attached hydrogens (tertiary/aromatic N) is 4. The minimum Gasteiger partial charge on any atom is -0.356 e. The van der Waals surface area contributed by atoms with Crippen molar-refractivity contribution >= 4 is 5.91 Å². The fourth-order valence-corrected chi connectivity index (χ4v) is 4.16. The third-order valence-electron chi connectivity index (χ3n) is 5.95. The van der Waals surface area contributed by atoms with Gasteiger partial charge in [-0.25, -0.2) is 18.7 Å². The van der Waals surface area contributed by atoms with Gasteiger partial charge >= 0.3 is 0 Å². The van der Waals surface area contributed by atoms with Crippen molar-refractivity contribution in [2.24, 2.45) is 0 Å². The first kappa shape index (κ1) is 19.8. The van der Waals surface area contributed by atoms with Crippen molar-refractivity contribution in [2.75, 3.05) is 13.1 Å². The molecule has 3 aromatic rings. The lowest BCUT2D eigenvalue weighted by Crippen LogP contribution is -2.38. The van der Waals surface area contributed by atoms with Crippen molar-refractivity contribution < 1.29 is 18.1 Å². The van der Waals surface area contributed by atoms with Gasteiger partial charge in [0, 0.05) is 48.8 Å². The Bertz CT molecular complexity index is 1110. The molecule has 1 aliphatic carbocycles. The zero-order chi connectivity index (χ0) is 21.5. The van der Waals surface area contributed by atoms with E-state index in [0.29, 0.717) is 37.6 Å². The summed E-state index contributed by atoms with van der Waals surface area (Å²) in [6, 6.07) is 4.79. The number of hydrogen-bond acceptors (Lipinski definition) is 5. The van der Waals surface area contributed by atoms with E-state index < -0.39 is 11.6 Å². The van der Waals surface area contributed by atoms with Crippen LogP contribution in [0.25, 0.3) is 11.3 Å². The molecule has 0 atom stereocenters. The third-order valence-corrected chi connectivity index (χ3v) is 5.95. The number of likely N-dealkylation sites (tertiary alicyclic amines) is 1. The second kappa shape index (κ2) is 7.83. The van der Waals surface area contributed by atoms with E-state index >= 15 is 0 Å². The molecule has 6 nitrogen and oxygen atoms in total. The van der Waals surface area contributed by atoms with Crippen LogP contribution in [0, 0.1) is 18.6 Å². The topological polar surface area (TPSA) is 72.1 Å². The van der Waals surface area contributed by atoms with E-state index in [2.05, 4.69) is 10.1 Å². The predicted molar refractivity (Wildman–Crippen MR) is 108 cm³/mol. The average molecular weight is 424 g/mol. The molecule has 0 spiro atoms. The summed E-state index contributed by atoms with van der Waals surface area (Å²) in [7, 11) is 0. The van der Waals surface area contributed by atoms with E-state index in [0.717, 1.165) is 53.8 Å². The number of aromatic nitrogens is 3. The number of rotatable bonds is 4. The molecule has 2 fully saturated rings. The molecule has 1 aliphatic heterocycles. The van der Waals surface area contributed by atoms with Crippen LogP contribution < -0.4 is 0 Å². The van der Waals surface area contributed by atoms with E-state index in [9.17, 15) is 13.6 Å². The molecule has 1 aromatic carbocycles. The summed E-state index contributed by atoms with van der Waals surface area (Å²) < 4.78 is 32.5. The van der Waals surface area contributed by atoms with Gasteiger partial charge in [-0.2, -0.15) is 0 Å². The van der Waals surface area contributed by atoms with E-state index in [4.69, 9.17) is 9.51 Å². The highest BCUT2D eigenvalue weighted by atomic mass is 19.1. The van der Waals surface area contributed by atoms with Gasteiger partial charge in [0.1, 0.15) is 17.5 Å². The largest absolute Gasteiger partial charge is 0.356 e. The zero-order valence-electron chi connectivity index (χ0n) is 17.1. The smallest absolute Gasteiger partial charge is 0.254 e. The van der Waals surface area contributed by atoms with Gasteiger partial charge in [0.25, 0.3) is 5.91 Å². The normalized spacial score (nSPS) is 17.2. The van der Waals surface area contributed by atoms with Gasteiger partial charge in [-0.05, 0) is 44.7 Å². The summed E-state index contributed by atoms with van der Waals surface area (Å²) in [4.78, 5) is 23.8. The van der Waals surface area contributed by atoms with Crippen LogP contribution in [0.5, 0.6) is 0 Å². The molecule has 31 heavy (non-hydrogen) atoms. The van der Waals surface area contributed by atoms with Crippen molar-refractivity contribution in [1.82, 2.24) is 20.0 Å². The number of hydrogen-bond donors (Lipinski definition) is 0. The van der Waals surface area contributed by atoms with Gasteiger partial charge in [0.2, 0.25) is 0 Å². The number of carbonyl (C=O) groups excluding carboxylic acids is 1. The van der Waals surface area contributed by atoms with E-state index in [1.54, 1.807) is 4.90 Å². The van der Waals surface area contributed by atoms with Crippen molar-refractivity contribution in [1.29, 1.82) is 0 Å². The lowest BCUT2D eigenvalue weighted by Gasteiger charge is -2.32. The third kappa shape index (κ3) is 4.06. The Hall–Kier alpha value is -3.16. The van der Waals surface area contributed by atoms with Crippen LogP contribution in [0.2, 0.25) is 0 Å². The molecule has 8 heteroatoms. The molecule has 2 aromatic heterocycles. The first-order valence-corrected chi connectivity index (χ1v) is 10.5. The Balaban J connectivity index is 1.37. The predicted octanol–water partition coefficient (Wildman–Crippen LogP) is 4.62. The molecule has 0 unspecified atom stereocenters. The molecule has 1 saturated heterocycles. The summed E-state index contributed by atoms with van der Waals surface area (Å²) in [5.74, 6) is 0.206. The minimum absolute atomic E-state index is 0.0341. The van der Waals surface area contributed by atoms with E-state index in [1.807, 2.05) is 19.2 Å². The van der Waals surface area contributed by atoms with Gasteiger partial charge < -0.3 is 9.42 Å². The summed E-state index contributed by atoms with van der Waals surface area (Å²) >= 11 is 0. The van der Waals surface area contributed by atoms with Crippen LogP contribution in [0.3, 0.4) is 0 Å². The Morgan fingerprint density at radius 2 is 1.74 bits per heavy atom. The summed E-state index contributed by atoms with van der Waals surface area (Å²) in [5.41, 5.74) is 2.58. The average Bonchev–Trinajstić information content (AvgIpc) is 3.53. The summed E-state index contributed by atoms with van der Waals surface area (Å²) in [6.45, 7) is 2.84. The summed E-state index contributed by atoms with van der Waals surface area (Å²) in [5, 5.41) is 3.99. The number of piperidine rings is 1. The maximum absolute atomic E-state index is 13.5. The molecule has 0 radical (unpaired) electrons. The van der Waals surface area contributed by atoms with Crippen molar-refractivity contribution in [3.63, 3.8) is 0 Å². The van der Waals surface area contributed by atoms with Gasteiger partial charge in [-0.3, -0.25) is 4.79 Å². The zero-order valence-corrected chi connectivity index (χ0v) is 17.1. The monoisotopic (exact) mass is 424 g/mol. The first-order valence-electron chi connectivity index (χ1n) is 10.5. The van der Waals surface area contributed by atoms with Gasteiger partial charge in [0.15, 0.2) is 5.76 Å². The molecular formula is C23H22F2N4O2. The highest BCUT2D eigenvalue weighted by Crippen LogP contribution is 2.41. The fourth-order valence-electron chi connectivity index (χ4n) is 4.16. The highest BCUT2D eigenvalue weighted by molar-refractivity contribution is 5.94. The Morgan fingerprint density at radius 1 is 1.03 bits per heavy atom. The second-order valence-corrected chi connectivity index (χ2v) is 8.36. The number of carbonyl (C=O) groups is 1. The van der Waals surface area contributed by atoms with Gasteiger partial charge in [-0.1, -0.05) is 5.16 Å². The number of benzene rings is 1. The molecule has 1 amide bonds. The summed E-state index contributed by atoms with van der Waals surface area (Å²) in [6.07, 6.45) is 5.44. The van der Waals surface area contributed by atoms with Crippen molar-refractivity contribution in [2.45, 2.75) is 44.4 Å². The second-order valence-electron chi connectivity index (χ2n) is 8.36. The number of aryl methyl sites for hydroxylation is 1. The van der Waals surface area contributed by atoms with Crippen molar-refractivity contribution in [3.05, 3.63) is 64.9 Å². The Labute approximate surface area is 178 Å². The van der Waals surface area contributed by atoms with Crippen LogP contribution in [0.4, 0.5) is 8.78 Å². The van der Waals surface area contributed by atoms with Gasteiger partial charge in [-0.15, -0.1) is 0 Å². The quantitative estimate of drug-likeness (QED) is 0.611. The SMILES string of the molecule is Cc1cc(-c2cnc(C3CC3)nc2C2CCN(C(=O)c3cc(F)cc(F)c3)CC2)on1. The van der Waals surface area contributed by atoms with Crippen LogP contribution in [-0.2, 0) is 0 Å². The maximum Gasteiger partial charge on any atom is 0.254 e. The van der Waals surface area contributed by atoms with E-state index in [-0.39, 0.29) is 17.4 Å². The molecule has 1 saturated carbocycles. The lowest BCUT2D eigenvalue weighted by atomic mass is 9.89. The fraction of sp³-hybridized carbons (Fsp3) is 0.391. The van der Waals surface area contributed by atoms with Crippen molar-refractivity contribution in [3.8, 4) is 11.3 Å². The minimum atomic E-state index is -0.751. The molecular weight excluding hydrogens is 402 g/mol. The number of halogens is 2. The van der Waals surface area contributed by atoms with Crippen LogP contribution in [-0.4, -0.2) is 39.0 Å². The van der Waals surface area contributed by atoms with Crippen LogP contribution >= 0.6 is 0 Å². The standard InChI is InChI=1S/C23H22F2N4O2/c1-13-8-20(31-28-13)19-12-26-22(15-2-3-15)27-21(19)14-4-6-29(7-5-14)23(30)16-9-17(24)11-18(25)10-16/h8-12,14-15H,2-7H2,1H3. The van der Waals surface area contributed by atoms with Gasteiger partial charge in [0.05, 0.1) is 17.0 Å². The highest BCUT2D eigenvalue weighted by Gasteiger charge is 2.32. The van der Waals surface area contributed by atoms with Crippen LogP contribution in [0.15, 0.2) is 35.0 Å². The molecule has 0 bridgehead atoms. The molecule has 3 heterocycles. The molecule has 2 aliphatic rings. The maximum atomic E-state index is 13.5. The molecule has 160 valence electrons. The molecule has 5 rings (SSSR count). The molecule has 0 N–H and O–H groups in total. The lowest BCUT2D eigenvalue weighted by molar-refractivity contribution is 0.0711. The number of amides is 1. The van der Waals surface area contributed by atoms with E-state index in [1.165, 1.54) is 0 Å². The van der Waals surface area contributed by atoms with Crippen LogP contribution in [0.1, 0.15) is 65.1 Å². The first-order chi connectivity index (χ1) is 15.0.